The van der Waals surface area contributed by atoms with Gasteiger partial charge in [-0.2, -0.15) is 0 Å². The third-order valence-electron chi connectivity index (χ3n) is 3.73. The van der Waals surface area contributed by atoms with Crippen molar-refractivity contribution in [2.24, 2.45) is 0 Å². The highest BCUT2D eigenvalue weighted by Gasteiger charge is 2.19. The Morgan fingerprint density at radius 1 is 0.762 bits per heavy atom. The average Bonchev–Trinajstić information content (AvgIpc) is 2.98. The summed E-state index contributed by atoms with van der Waals surface area (Å²) < 4.78 is 2.26. The van der Waals surface area contributed by atoms with Gasteiger partial charge in [-0.25, -0.2) is 0 Å². The average molecular weight is 276 g/mol. The highest BCUT2D eigenvalue weighted by molar-refractivity contribution is 5.38. The molecule has 0 fully saturated rings. The molecule has 21 heavy (non-hydrogen) atoms. The van der Waals surface area contributed by atoms with Crippen LogP contribution in [0.25, 0.3) is 5.69 Å². The first-order valence-electron chi connectivity index (χ1n) is 7.21. The van der Waals surface area contributed by atoms with Crippen molar-refractivity contribution >= 4 is 0 Å². The fourth-order valence-corrected chi connectivity index (χ4v) is 2.81. The standard InChI is InChI=1S/C19H20N2/c1-20(2)19(16-10-5-3-6-11-16)18-14-9-15-21(18)17-12-7-4-8-13-17/h3-15,19H,1-2H3. The van der Waals surface area contributed by atoms with Gasteiger partial charge < -0.3 is 4.57 Å². The normalized spacial score (nSPS) is 12.5. The summed E-state index contributed by atoms with van der Waals surface area (Å²) in [6.45, 7) is 0. The molecule has 3 rings (SSSR count). The third kappa shape index (κ3) is 2.76. The van der Waals surface area contributed by atoms with Gasteiger partial charge in [0.25, 0.3) is 0 Å². The van der Waals surface area contributed by atoms with Gasteiger partial charge in [0.1, 0.15) is 0 Å². The lowest BCUT2D eigenvalue weighted by molar-refractivity contribution is 0.333. The van der Waals surface area contributed by atoms with Gasteiger partial charge in [-0.1, -0.05) is 48.5 Å². The summed E-state index contributed by atoms with van der Waals surface area (Å²) >= 11 is 0. The van der Waals surface area contributed by atoms with Crippen molar-refractivity contribution < 1.29 is 0 Å². The zero-order chi connectivity index (χ0) is 14.7. The Labute approximate surface area is 126 Å². The SMILES string of the molecule is CN(C)C(c1ccccc1)c1cccn1-c1ccccc1. The molecule has 1 aromatic heterocycles. The maximum Gasteiger partial charge on any atom is 0.0754 e. The van der Waals surface area contributed by atoms with Crippen LogP contribution in [0.15, 0.2) is 79.0 Å². The summed E-state index contributed by atoms with van der Waals surface area (Å²) in [7, 11) is 4.25. The van der Waals surface area contributed by atoms with E-state index in [2.05, 4.69) is 96.5 Å². The number of para-hydroxylation sites is 1. The summed E-state index contributed by atoms with van der Waals surface area (Å²) in [5, 5.41) is 0. The molecule has 1 heterocycles. The first kappa shape index (κ1) is 13.7. The molecule has 0 saturated carbocycles. The van der Waals surface area contributed by atoms with E-state index in [9.17, 15) is 0 Å². The van der Waals surface area contributed by atoms with E-state index in [1.54, 1.807) is 0 Å². The Morgan fingerprint density at radius 3 is 2.00 bits per heavy atom. The van der Waals surface area contributed by atoms with Gasteiger partial charge in [-0.3, -0.25) is 4.90 Å². The zero-order valence-corrected chi connectivity index (χ0v) is 12.5. The molecule has 2 aromatic carbocycles. The summed E-state index contributed by atoms with van der Waals surface area (Å²) in [5.41, 5.74) is 3.77. The van der Waals surface area contributed by atoms with Crippen LogP contribution >= 0.6 is 0 Å². The molecule has 0 aliphatic carbocycles. The van der Waals surface area contributed by atoms with Gasteiger partial charge in [0.2, 0.25) is 0 Å². The Hall–Kier alpha value is -2.32. The molecule has 2 heteroatoms. The van der Waals surface area contributed by atoms with Crippen LogP contribution in [0, 0.1) is 0 Å². The van der Waals surface area contributed by atoms with E-state index in [1.165, 1.54) is 16.9 Å². The number of rotatable bonds is 4. The van der Waals surface area contributed by atoms with Gasteiger partial charge in [-0.05, 0) is 43.9 Å². The second kappa shape index (κ2) is 5.98. The molecular formula is C19H20N2. The van der Waals surface area contributed by atoms with E-state index in [-0.39, 0.29) is 6.04 Å². The molecule has 0 bridgehead atoms. The highest BCUT2D eigenvalue weighted by Crippen LogP contribution is 2.28. The largest absolute Gasteiger partial charge is 0.319 e. The fraction of sp³-hybridized carbons (Fsp3) is 0.158. The summed E-state index contributed by atoms with van der Waals surface area (Å²) in [6.07, 6.45) is 2.13. The monoisotopic (exact) mass is 276 g/mol. The van der Waals surface area contributed by atoms with E-state index >= 15 is 0 Å². The molecular weight excluding hydrogens is 256 g/mol. The van der Waals surface area contributed by atoms with Crippen molar-refractivity contribution in [3.8, 4) is 5.69 Å². The maximum atomic E-state index is 2.26. The van der Waals surface area contributed by atoms with Gasteiger partial charge in [0, 0.05) is 17.6 Å². The number of hydrogen-bond acceptors (Lipinski definition) is 1. The zero-order valence-electron chi connectivity index (χ0n) is 12.5. The second-order valence-electron chi connectivity index (χ2n) is 5.42. The molecule has 3 aromatic rings. The van der Waals surface area contributed by atoms with Crippen LogP contribution < -0.4 is 0 Å². The molecule has 0 saturated heterocycles. The molecule has 0 radical (unpaired) electrons. The van der Waals surface area contributed by atoms with E-state index in [1.807, 2.05) is 6.07 Å². The summed E-state index contributed by atoms with van der Waals surface area (Å²) in [4.78, 5) is 2.25. The van der Waals surface area contributed by atoms with Crippen LogP contribution in [-0.2, 0) is 0 Å². The smallest absolute Gasteiger partial charge is 0.0754 e. The van der Waals surface area contributed by atoms with Crippen molar-refractivity contribution in [2.45, 2.75) is 6.04 Å². The minimum absolute atomic E-state index is 0.237. The van der Waals surface area contributed by atoms with E-state index < -0.39 is 0 Å². The molecule has 0 aliphatic rings. The Kier molecular flexibility index (Phi) is 3.89. The molecule has 106 valence electrons. The topological polar surface area (TPSA) is 8.17 Å². The van der Waals surface area contributed by atoms with Crippen molar-refractivity contribution in [3.63, 3.8) is 0 Å². The maximum absolute atomic E-state index is 2.26. The number of hydrogen-bond donors (Lipinski definition) is 0. The molecule has 0 spiro atoms. The van der Waals surface area contributed by atoms with Crippen LogP contribution in [-0.4, -0.2) is 23.6 Å². The van der Waals surface area contributed by atoms with Crippen LogP contribution in [0.4, 0.5) is 0 Å². The lowest BCUT2D eigenvalue weighted by Crippen LogP contribution is -2.23. The summed E-state index contributed by atoms with van der Waals surface area (Å²) in [5.74, 6) is 0. The number of aromatic nitrogens is 1. The predicted molar refractivity (Wildman–Crippen MR) is 87.7 cm³/mol. The van der Waals surface area contributed by atoms with Crippen molar-refractivity contribution in [1.82, 2.24) is 9.47 Å². The molecule has 0 aliphatic heterocycles. The lowest BCUT2D eigenvalue weighted by Gasteiger charge is -2.26. The summed E-state index contributed by atoms with van der Waals surface area (Å²) in [6, 6.07) is 25.7. The van der Waals surface area contributed by atoms with E-state index in [4.69, 9.17) is 0 Å². The van der Waals surface area contributed by atoms with Crippen LogP contribution in [0.1, 0.15) is 17.3 Å². The van der Waals surface area contributed by atoms with Crippen molar-refractivity contribution in [1.29, 1.82) is 0 Å². The third-order valence-corrected chi connectivity index (χ3v) is 3.73. The fourth-order valence-electron chi connectivity index (χ4n) is 2.81. The molecule has 2 nitrogen and oxygen atoms in total. The van der Waals surface area contributed by atoms with Crippen LogP contribution in [0.5, 0.6) is 0 Å². The van der Waals surface area contributed by atoms with Gasteiger partial charge in [0.05, 0.1) is 6.04 Å². The van der Waals surface area contributed by atoms with Crippen molar-refractivity contribution in [2.75, 3.05) is 14.1 Å². The first-order valence-corrected chi connectivity index (χ1v) is 7.21. The molecule has 1 unspecified atom stereocenters. The Bertz CT molecular complexity index is 684. The lowest BCUT2D eigenvalue weighted by atomic mass is 10.0. The molecule has 0 amide bonds. The highest BCUT2D eigenvalue weighted by atomic mass is 15.1. The quantitative estimate of drug-likeness (QED) is 0.695. The van der Waals surface area contributed by atoms with Gasteiger partial charge >= 0.3 is 0 Å². The predicted octanol–water partition coefficient (Wildman–Crippen LogP) is 4.13. The first-order chi connectivity index (χ1) is 10.3. The Morgan fingerprint density at radius 2 is 1.38 bits per heavy atom. The van der Waals surface area contributed by atoms with Gasteiger partial charge in [-0.15, -0.1) is 0 Å². The number of benzene rings is 2. The minimum atomic E-state index is 0.237. The minimum Gasteiger partial charge on any atom is -0.319 e. The van der Waals surface area contributed by atoms with Crippen LogP contribution in [0.2, 0.25) is 0 Å². The van der Waals surface area contributed by atoms with Gasteiger partial charge in [0.15, 0.2) is 0 Å². The number of nitrogens with zero attached hydrogens (tertiary/aromatic N) is 2. The molecule has 0 N–H and O–H groups in total. The van der Waals surface area contributed by atoms with Crippen molar-refractivity contribution in [3.05, 3.63) is 90.3 Å². The second-order valence-corrected chi connectivity index (χ2v) is 5.42. The van der Waals surface area contributed by atoms with E-state index in [0.29, 0.717) is 0 Å². The Balaban J connectivity index is 2.09. The van der Waals surface area contributed by atoms with Crippen LogP contribution in [0.3, 0.4) is 0 Å². The molecule has 1 atom stereocenters. The van der Waals surface area contributed by atoms with E-state index in [0.717, 1.165) is 0 Å².